The Balaban J connectivity index is 1.92. The number of fused-ring (bicyclic) bond motifs is 1. The number of hydrogen-bond donors (Lipinski definition) is 1. The van der Waals surface area contributed by atoms with E-state index in [0.29, 0.717) is 33.9 Å². The monoisotopic (exact) mass is 355 g/mol. The second-order valence-electron chi connectivity index (χ2n) is 5.38. The quantitative estimate of drug-likeness (QED) is 0.708. The van der Waals surface area contributed by atoms with Crippen LogP contribution in [0.1, 0.15) is 10.4 Å². The Labute approximate surface area is 149 Å². The van der Waals surface area contributed by atoms with Crippen LogP contribution in [0.2, 0.25) is 0 Å². The Kier molecular flexibility index (Phi) is 4.79. The van der Waals surface area contributed by atoms with E-state index in [9.17, 15) is 9.59 Å². The number of benzene rings is 2. The molecule has 7 nitrogen and oxygen atoms in total. The largest absolute Gasteiger partial charge is 0.497 e. The molecule has 0 saturated heterocycles. The molecule has 1 amide bonds. The SMILES string of the molecule is COc1ccc2cc(C(=O)Nc3ccc(OC)c(OC)c3)c(=O)oc2c1. The van der Waals surface area contributed by atoms with Gasteiger partial charge in [0.15, 0.2) is 11.5 Å². The standard InChI is InChI=1S/C19H17NO6/c1-23-13-6-4-11-8-14(19(22)26-16(11)10-13)18(21)20-12-5-7-15(24-2)17(9-12)25-3/h4-10H,1-3H3,(H,20,21). The summed E-state index contributed by atoms with van der Waals surface area (Å²) >= 11 is 0. The lowest BCUT2D eigenvalue weighted by atomic mass is 10.1. The highest BCUT2D eigenvalue weighted by molar-refractivity contribution is 6.05. The van der Waals surface area contributed by atoms with E-state index in [2.05, 4.69) is 5.32 Å². The van der Waals surface area contributed by atoms with Crippen LogP contribution in [0, 0.1) is 0 Å². The van der Waals surface area contributed by atoms with Crippen molar-refractivity contribution in [3.8, 4) is 17.2 Å². The minimum atomic E-state index is -0.733. The first kappa shape index (κ1) is 17.3. The maximum atomic E-state index is 12.5. The molecule has 2 aromatic carbocycles. The predicted molar refractivity (Wildman–Crippen MR) is 96.5 cm³/mol. The zero-order valence-electron chi connectivity index (χ0n) is 14.5. The van der Waals surface area contributed by atoms with Crippen LogP contribution >= 0.6 is 0 Å². The average Bonchev–Trinajstić information content (AvgIpc) is 2.66. The molecule has 1 N–H and O–H groups in total. The molecule has 7 heteroatoms. The second-order valence-corrected chi connectivity index (χ2v) is 5.38. The van der Waals surface area contributed by atoms with Crippen LogP contribution in [0.3, 0.4) is 0 Å². The lowest BCUT2D eigenvalue weighted by Crippen LogP contribution is -2.20. The summed E-state index contributed by atoms with van der Waals surface area (Å²) < 4.78 is 20.7. The number of ether oxygens (including phenoxy) is 3. The fraction of sp³-hybridized carbons (Fsp3) is 0.158. The van der Waals surface area contributed by atoms with Crippen LogP contribution < -0.4 is 25.2 Å². The fourth-order valence-electron chi connectivity index (χ4n) is 2.49. The van der Waals surface area contributed by atoms with Gasteiger partial charge in [0.05, 0.1) is 21.3 Å². The van der Waals surface area contributed by atoms with Gasteiger partial charge < -0.3 is 23.9 Å². The van der Waals surface area contributed by atoms with Gasteiger partial charge in [0.2, 0.25) is 0 Å². The van der Waals surface area contributed by atoms with Gasteiger partial charge in [0, 0.05) is 23.2 Å². The molecule has 3 aromatic rings. The Hall–Kier alpha value is -3.48. The van der Waals surface area contributed by atoms with Gasteiger partial charge in [0.25, 0.3) is 5.91 Å². The van der Waals surface area contributed by atoms with Gasteiger partial charge in [-0.05, 0) is 30.3 Å². The van der Waals surface area contributed by atoms with Crippen LogP contribution in [-0.2, 0) is 0 Å². The zero-order chi connectivity index (χ0) is 18.7. The highest BCUT2D eigenvalue weighted by Crippen LogP contribution is 2.30. The number of methoxy groups -OCH3 is 3. The van der Waals surface area contributed by atoms with E-state index in [1.807, 2.05) is 0 Å². The topological polar surface area (TPSA) is 87.0 Å². The summed E-state index contributed by atoms with van der Waals surface area (Å²) in [5.41, 5.74) is -0.0277. The molecule has 26 heavy (non-hydrogen) atoms. The van der Waals surface area contributed by atoms with Crippen LogP contribution in [0.5, 0.6) is 17.2 Å². The van der Waals surface area contributed by atoms with Gasteiger partial charge in [-0.3, -0.25) is 4.79 Å². The van der Waals surface area contributed by atoms with Crippen molar-refractivity contribution < 1.29 is 23.4 Å². The van der Waals surface area contributed by atoms with Crippen LogP contribution in [0.4, 0.5) is 5.69 Å². The van der Waals surface area contributed by atoms with E-state index in [1.54, 1.807) is 36.4 Å². The Bertz CT molecular complexity index is 1020. The average molecular weight is 355 g/mol. The van der Waals surface area contributed by atoms with Crippen molar-refractivity contribution in [2.75, 3.05) is 26.6 Å². The maximum Gasteiger partial charge on any atom is 0.349 e. The van der Waals surface area contributed by atoms with E-state index in [1.165, 1.54) is 27.4 Å². The van der Waals surface area contributed by atoms with Gasteiger partial charge in [-0.2, -0.15) is 0 Å². The minimum absolute atomic E-state index is 0.0996. The normalized spacial score (nSPS) is 10.4. The molecule has 134 valence electrons. The van der Waals surface area contributed by atoms with Gasteiger partial charge >= 0.3 is 5.63 Å². The molecule has 0 bridgehead atoms. The molecule has 1 heterocycles. The molecule has 0 fully saturated rings. The predicted octanol–water partition coefficient (Wildman–Crippen LogP) is 3.07. The van der Waals surface area contributed by atoms with E-state index in [0.717, 1.165) is 0 Å². The molecule has 0 unspecified atom stereocenters. The number of carbonyl (C=O) groups excluding carboxylic acids is 1. The Morgan fingerprint density at radius 2 is 1.69 bits per heavy atom. The molecular weight excluding hydrogens is 338 g/mol. The lowest BCUT2D eigenvalue weighted by molar-refractivity contribution is 0.102. The van der Waals surface area contributed by atoms with Crippen molar-refractivity contribution in [3.63, 3.8) is 0 Å². The van der Waals surface area contributed by atoms with Crippen molar-refractivity contribution in [1.29, 1.82) is 0 Å². The summed E-state index contributed by atoms with van der Waals surface area (Å²) in [5, 5.41) is 3.27. The van der Waals surface area contributed by atoms with Crippen molar-refractivity contribution in [2.24, 2.45) is 0 Å². The number of nitrogens with one attached hydrogen (secondary N) is 1. The molecule has 0 aliphatic rings. The minimum Gasteiger partial charge on any atom is -0.497 e. The van der Waals surface area contributed by atoms with E-state index >= 15 is 0 Å². The smallest absolute Gasteiger partial charge is 0.349 e. The summed E-state index contributed by atoms with van der Waals surface area (Å²) in [6, 6.07) is 11.4. The summed E-state index contributed by atoms with van der Waals surface area (Å²) in [7, 11) is 4.53. The Morgan fingerprint density at radius 1 is 0.923 bits per heavy atom. The first-order valence-electron chi connectivity index (χ1n) is 7.71. The second kappa shape index (κ2) is 7.18. The van der Waals surface area contributed by atoms with Gasteiger partial charge in [-0.1, -0.05) is 0 Å². The van der Waals surface area contributed by atoms with Crippen molar-refractivity contribution in [3.05, 3.63) is 58.4 Å². The highest BCUT2D eigenvalue weighted by Gasteiger charge is 2.15. The molecule has 0 atom stereocenters. The summed E-state index contributed by atoms with van der Waals surface area (Å²) in [4.78, 5) is 24.7. The van der Waals surface area contributed by atoms with E-state index in [-0.39, 0.29) is 5.56 Å². The number of amides is 1. The molecule has 0 spiro atoms. The third-order valence-corrected chi connectivity index (χ3v) is 3.83. The molecule has 0 aliphatic heterocycles. The number of anilines is 1. The summed E-state index contributed by atoms with van der Waals surface area (Å²) in [6.07, 6.45) is 0. The third-order valence-electron chi connectivity index (χ3n) is 3.83. The maximum absolute atomic E-state index is 12.5. The first-order valence-corrected chi connectivity index (χ1v) is 7.71. The molecule has 3 rings (SSSR count). The molecule has 0 radical (unpaired) electrons. The first-order chi connectivity index (χ1) is 12.5. The molecule has 0 aliphatic carbocycles. The van der Waals surface area contributed by atoms with Gasteiger partial charge in [-0.15, -0.1) is 0 Å². The Morgan fingerprint density at radius 3 is 2.38 bits per heavy atom. The van der Waals surface area contributed by atoms with Crippen LogP contribution in [-0.4, -0.2) is 27.2 Å². The van der Waals surface area contributed by atoms with Crippen molar-refractivity contribution >= 4 is 22.6 Å². The van der Waals surface area contributed by atoms with Crippen molar-refractivity contribution in [2.45, 2.75) is 0 Å². The zero-order valence-corrected chi connectivity index (χ0v) is 14.5. The van der Waals surface area contributed by atoms with Gasteiger partial charge in [0.1, 0.15) is 16.9 Å². The summed E-state index contributed by atoms with van der Waals surface area (Å²) in [6.45, 7) is 0. The number of hydrogen-bond acceptors (Lipinski definition) is 6. The number of rotatable bonds is 5. The number of carbonyl (C=O) groups is 1. The molecular formula is C19H17NO6. The fourth-order valence-corrected chi connectivity index (χ4v) is 2.49. The van der Waals surface area contributed by atoms with Gasteiger partial charge in [-0.25, -0.2) is 4.79 Å². The highest BCUT2D eigenvalue weighted by atomic mass is 16.5. The molecule has 1 aromatic heterocycles. The summed E-state index contributed by atoms with van der Waals surface area (Å²) in [5.74, 6) is 0.972. The molecule has 0 saturated carbocycles. The van der Waals surface area contributed by atoms with E-state index in [4.69, 9.17) is 18.6 Å². The third kappa shape index (κ3) is 3.32. The van der Waals surface area contributed by atoms with Crippen LogP contribution in [0.25, 0.3) is 11.0 Å². The van der Waals surface area contributed by atoms with Crippen LogP contribution in [0.15, 0.2) is 51.7 Å². The van der Waals surface area contributed by atoms with Crippen molar-refractivity contribution in [1.82, 2.24) is 0 Å². The van der Waals surface area contributed by atoms with E-state index < -0.39 is 11.5 Å². The lowest BCUT2D eigenvalue weighted by Gasteiger charge is -2.10.